The molecule has 0 aromatic carbocycles. The number of aromatic nitrogens is 1. The van der Waals surface area contributed by atoms with Crippen LogP contribution >= 0.6 is 35.3 Å². The first-order valence-corrected chi connectivity index (χ1v) is 9.71. The van der Waals surface area contributed by atoms with Gasteiger partial charge in [-0.15, -0.1) is 35.3 Å². The Morgan fingerprint density at radius 3 is 2.43 bits per heavy atom. The van der Waals surface area contributed by atoms with Gasteiger partial charge < -0.3 is 10.6 Å². The smallest absolute Gasteiger partial charge is 0.191 e. The summed E-state index contributed by atoms with van der Waals surface area (Å²) in [4.78, 5) is 10.2. The van der Waals surface area contributed by atoms with E-state index in [9.17, 15) is 4.21 Å². The highest BCUT2D eigenvalue weighted by Gasteiger charge is 2.18. The molecule has 0 aliphatic carbocycles. The van der Waals surface area contributed by atoms with E-state index in [2.05, 4.69) is 20.6 Å². The Labute approximate surface area is 163 Å². The summed E-state index contributed by atoms with van der Waals surface area (Å²) in [6.07, 6.45) is 0. The number of aryl methyl sites for hydroxylation is 2. The van der Waals surface area contributed by atoms with Crippen LogP contribution in [0.25, 0.3) is 0 Å². The molecule has 1 rings (SSSR count). The summed E-state index contributed by atoms with van der Waals surface area (Å²) in [7, 11) is -0.851. The van der Waals surface area contributed by atoms with Gasteiger partial charge in [-0.1, -0.05) is 0 Å². The van der Waals surface area contributed by atoms with Crippen LogP contribution in [0.5, 0.6) is 0 Å². The third kappa shape index (κ3) is 8.44. The fourth-order valence-corrected chi connectivity index (χ4v) is 3.54. The maximum Gasteiger partial charge on any atom is 0.191 e. The van der Waals surface area contributed by atoms with E-state index in [4.69, 9.17) is 0 Å². The van der Waals surface area contributed by atoms with E-state index in [0.29, 0.717) is 18.8 Å². The van der Waals surface area contributed by atoms with Gasteiger partial charge in [0.05, 0.1) is 17.2 Å². The molecule has 1 atom stereocenters. The summed E-state index contributed by atoms with van der Waals surface area (Å²) in [5, 5.41) is 7.54. The topological polar surface area (TPSA) is 66.4 Å². The molecule has 8 heteroatoms. The number of rotatable bonds is 6. The van der Waals surface area contributed by atoms with Gasteiger partial charge in [0, 0.05) is 39.3 Å². The molecular weight excluding hydrogens is 443 g/mol. The molecule has 1 unspecified atom stereocenters. The molecule has 1 aromatic rings. The van der Waals surface area contributed by atoms with Crippen molar-refractivity contribution in [1.82, 2.24) is 15.6 Å². The summed E-state index contributed by atoms with van der Waals surface area (Å²) in [5.74, 6) is 1.38. The molecule has 0 aliphatic heterocycles. The third-order valence-electron chi connectivity index (χ3n) is 2.99. The zero-order valence-corrected chi connectivity index (χ0v) is 18.8. The standard InChI is InChI=1S/C15H28N4OS2.HI/c1-7-16-14(17-8-9-22(20)15(4,5)6)18-10-13-11(2)19-12(3)21-13;/h7-10H2,1-6H3,(H2,16,17,18);1H. The molecule has 0 radical (unpaired) electrons. The molecule has 0 amide bonds. The van der Waals surface area contributed by atoms with E-state index in [1.807, 2.05) is 41.5 Å². The van der Waals surface area contributed by atoms with E-state index >= 15 is 0 Å². The fraction of sp³-hybridized carbons (Fsp3) is 0.733. The van der Waals surface area contributed by atoms with Crippen LogP contribution in [0.2, 0.25) is 0 Å². The van der Waals surface area contributed by atoms with Gasteiger partial charge in [-0.3, -0.25) is 4.21 Å². The number of nitrogens with one attached hydrogen (secondary N) is 2. The first kappa shape index (κ1) is 22.8. The van der Waals surface area contributed by atoms with Crippen molar-refractivity contribution in [2.45, 2.75) is 52.8 Å². The van der Waals surface area contributed by atoms with Crippen LogP contribution in [0.4, 0.5) is 0 Å². The molecule has 0 aliphatic rings. The van der Waals surface area contributed by atoms with Crippen molar-refractivity contribution < 1.29 is 4.21 Å². The lowest BCUT2D eigenvalue weighted by Crippen LogP contribution is -2.40. The van der Waals surface area contributed by atoms with Crippen molar-refractivity contribution in [1.29, 1.82) is 0 Å². The molecule has 0 saturated carbocycles. The lowest BCUT2D eigenvalue weighted by molar-refractivity contribution is 0.647. The van der Waals surface area contributed by atoms with Gasteiger partial charge in [0.15, 0.2) is 5.96 Å². The van der Waals surface area contributed by atoms with Gasteiger partial charge in [-0.2, -0.15) is 0 Å². The van der Waals surface area contributed by atoms with Crippen LogP contribution in [0, 0.1) is 13.8 Å². The monoisotopic (exact) mass is 472 g/mol. The largest absolute Gasteiger partial charge is 0.357 e. The van der Waals surface area contributed by atoms with E-state index < -0.39 is 10.8 Å². The number of thiazole rings is 1. The second-order valence-electron chi connectivity index (χ2n) is 6.03. The molecule has 2 N–H and O–H groups in total. The predicted molar refractivity (Wildman–Crippen MR) is 113 cm³/mol. The lowest BCUT2D eigenvalue weighted by Gasteiger charge is -2.18. The molecule has 0 saturated heterocycles. The van der Waals surface area contributed by atoms with Crippen molar-refractivity contribution in [3.05, 3.63) is 15.6 Å². The van der Waals surface area contributed by atoms with Crippen molar-refractivity contribution in [3.63, 3.8) is 0 Å². The molecule has 23 heavy (non-hydrogen) atoms. The van der Waals surface area contributed by atoms with Gasteiger partial charge in [0.2, 0.25) is 0 Å². The van der Waals surface area contributed by atoms with Crippen molar-refractivity contribution in [2.75, 3.05) is 18.8 Å². The van der Waals surface area contributed by atoms with Crippen molar-refractivity contribution >= 4 is 52.1 Å². The highest BCUT2D eigenvalue weighted by atomic mass is 127. The normalized spacial score (nSPS) is 13.4. The molecule has 1 heterocycles. The predicted octanol–water partition coefficient (Wildman–Crippen LogP) is 2.98. The third-order valence-corrected chi connectivity index (χ3v) is 5.99. The van der Waals surface area contributed by atoms with Gasteiger partial charge >= 0.3 is 0 Å². The van der Waals surface area contributed by atoms with Crippen molar-refractivity contribution in [2.24, 2.45) is 4.99 Å². The summed E-state index contributed by atoms with van der Waals surface area (Å²) in [6, 6.07) is 0. The van der Waals surface area contributed by atoms with Crippen LogP contribution in [-0.2, 0) is 17.3 Å². The van der Waals surface area contributed by atoms with E-state index in [-0.39, 0.29) is 28.7 Å². The minimum absolute atomic E-state index is 0. The van der Waals surface area contributed by atoms with Crippen LogP contribution < -0.4 is 10.6 Å². The molecule has 0 fully saturated rings. The summed E-state index contributed by atoms with van der Waals surface area (Å²) < 4.78 is 11.9. The first-order valence-electron chi connectivity index (χ1n) is 7.57. The molecular formula is C15H29IN4OS2. The minimum atomic E-state index is -0.851. The zero-order chi connectivity index (χ0) is 16.8. The molecule has 0 bridgehead atoms. The van der Waals surface area contributed by atoms with Crippen molar-refractivity contribution in [3.8, 4) is 0 Å². The fourth-order valence-electron chi connectivity index (χ4n) is 1.78. The van der Waals surface area contributed by atoms with E-state index in [0.717, 1.165) is 23.2 Å². The van der Waals surface area contributed by atoms with Crippen LogP contribution in [0.1, 0.15) is 43.3 Å². The van der Waals surface area contributed by atoms with Gasteiger partial charge in [-0.25, -0.2) is 9.98 Å². The Kier molecular flexibility index (Phi) is 10.5. The first-order chi connectivity index (χ1) is 10.2. The van der Waals surface area contributed by atoms with Crippen LogP contribution in [0.3, 0.4) is 0 Å². The number of hydrogen-bond donors (Lipinski definition) is 2. The Morgan fingerprint density at radius 1 is 1.30 bits per heavy atom. The Morgan fingerprint density at radius 2 is 1.96 bits per heavy atom. The maximum atomic E-state index is 12.0. The number of halogens is 1. The van der Waals surface area contributed by atoms with Gasteiger partial charge in [-0.05, 0) is 41.5 Å². The highest BCUT2D eigenvalue weighted by molar-refractivity contribution is 14.0. The van der Waals surface area contributed by atoms with Gasteiger partial charge in [0.1, 0.15) is 0 Å². The average molecular weight is 472 g/mol. The summed E-state index contributed by atoms with van der Waals surface area (Å²) >= 11 is 1.68. The number of aliphatic imine (C=N–C) groups is 1. The number of guanidine groups is 1. The SMILES string of the molecule is CCNC(=NCc1sc(C)nc1C)NCCS(=O)C(C)(C)C.I. The molecule has 1 aromatic heterocycles. The Hall–Kier alpha value is -0.220. The molecule has 0 spiro atoms. The second kappa shape index (κ2) is 10.6. The molecule has 5 nitrogen and oxygen atoms in total. The number of hydrogen-bond acceptors (Lipinski definition) is 4. The Balaban J connectivity index is 0.00000484. The summed E-state index contributed by atoms with van der Waals surface area (Å²) in [5.41, 5.74) is 1.05. The van der Waals surface area contributed by atoms with E-state index in [1.165, 1.54) is 4.88 Å². The average Bonchev–Trinajstić information content (AvgIpc) is 2.73. The van der Waals surface area contributed by atoms with Gasteiger partial charge in [0.25, 0.3) is 0 Å². The zero-order valence-electron chi connectivity index (χ0n) is 14.9. The number of nitrogens with zero attached hydrogens (tertiary/aromatic N) is 2. The maximum absolute atomic E-state index is 12.0. The lowest BCUT2D eigenvalue weighted by atomic mass is 10.3. The minimum Gasteiger partial charge on any atom is -0.357 e. The molecule has 134 valence electrons. The Bertz CT molecular complexity index is 538. The van der Waals surface area contributed by atoms with Crippen LogP contribution in [-0.4, -0.2) is 38.7 Å². The second-order valence-corrected chi connectivity index (χ2v) is 9.64. The quantitative estimate of drug-likeness (QED) is 0.380. The van der Waals surface area contributed by atoms with E-state index in [1.54, 1.807) is 11.3 Å². The van der Waals surface area contributed by atoms with Crippen LogP contribution in [0.15, 0.2) is 4.99 Å². The summed E-state index contributed by atoms with van der Waals surface area (Å²) in [6.45, 7) is 14.1. The highest BCUT2D eigenvalue weighted by Crippen LogP contribution is 2.17.